The Labute approximate surface area is 126 Å². The average molecular weight is 287 g/mol. The molecule has 0 aliphatic rings. The van der Waals surface area contributed by atoms with Crippen molar-refractivity contribution in [2.75, 3.05) is 0 Å². The van der Waals surface area contributed by atoms with Gasteiger partial charge in [-0.1, -0.05) is 30.3 Å². The molecule has 0 unspecified atom stereocenters. The minimum absolute atomic E-state index is 0.804. The molecule has 0 aliphatic carbocycles. The molecule has 21 heavy (non-hydrogen) atoms. The molecule has 0 N–H and O–H groups in total. The molecule has 0 amide bonds. The summed E-state index contributed by atoms with van der Waals surface area (Å²) in [5.41, 5.74) is 3.41. The van der Waals surface area contributed by atoms with Gasteiger partial charge in [0.2, 0.25) is 0 Å². The Hall–Kier alpha value is -2.68. The SMILES string of the molecule is S=C=Nc1c2ccccc2nc2c1ccc1cccnc12. The minimum atomic E-state index is 0.804. The first-order chi connectivity index (χ1) is 10.4. The van der Waals surface area contributed by atoms with Crippen LogP contribution in [0.4, 0.5) is 5.69 Å². The number of aromatic nitrogens is 2. The molecule has 98 valence electrons. The van der Waals surface area contributed by atoms with E-state index in [0.29, 0.717) is 0 Å². The van der Waals surface area contributed by atoms with E-state index in [1.54, 1.807) is 6.20 Å². The fourth-order valence-electron chi connectivity index (χ4n) is 2.64. The smallest absolute Gasteiger partial charge is 0.0994 e. The standard InChI is InChI=1S/C17H9N3S/c21-10-19-16-12-5-1-2-6-14(12)20-17-13(16)8-7-11-4-3-9-18-15(11)17/h1-9H. The molecule has 0 spiro atoms. The van der Waals surface area contributed by atoms with Crippen LogP contribution in [0, 0.1) is 0 Å². The zero-order valence-corrected chi connectivity index (χ0v) is 11.8. The summed E-state index contributed by atoms with van der Waals surface area (Å²) in [6.07, 6.45) is 1.78. The zero-order valence-electron chi connectivity index (χ0n) is 10.9. The maximum Gasteiger partial charge on any atom is 0.0994 e. The Morgan fingerprint density at radius 1 is 0.905 bits per heavy atom. The van der Waals surface area contributed by atoms with Crippen molar-refractivity contribution in [2.24, 2.45) is 4.99 Å². The number of benzene rings is 2. The Kier molecular flexibility index (Phi) is 2.71. The van der Waals surface area contributed by atoms with Gasteiger partial charge in [-0.15, -0.1) is 0 Å². The van der Waals surface area contributed by atoms with Crippen LogP contribution in [0.15, 0.2) is 59.7 Å². The van der Waals surface area contributed by atoms with Crippen molar-refractivity contribution in [3.63, 3.8) is 0 Å². The largest absolute Gasteiger partial charge is 0.254 e. The Morgan fingerprint density at radius 2 is 1.81 bits per heavy atom. The van der Waals surface area contributed by atoms with Gasteiger partial charge in [0.25, 0.3) is 0 Å². The van der Waals surface area contributed by atoms with E-state index >= 15 is 0 Å². The molecule has 0 aliphatic heterocycles. The van der Waals surface area contributed by atoms with Gasteiger partial charge in [0, 0.05) is 22.4 Å². The summed E-state index contributed by atoms with van der Waals surface area (Å²) >= 11 is 4.80. The lowest BCUT2D eigenvalue weighted by Gasteiger charge is -2.08. The van der Waals surface area contributed by atoms with E-state index in [1.165, 1.54) is 0 Å². The van der Waals surface area contributed by atoms with E-state index in [-0.39, 0.29) is 0 Å². The lowest BCUT2D eigenvalue weighted by atomic mass is 10.1. The van der Waals surface area contributed by atoms with Crippen molar-refractivity contribution in [3.8, 4) is 0 Å². The normalized spacial score (nSPS) is 10.9. The average Bonchev–Trinajstić information content (AvgIpc) is 2.55. The number of aliphatic imine (C=N–C) groups is 1. The monoisotopic (exact) mass is 287 g/mol. The van der Waals surface area contributed by atoms with Crippen molar-refractivity contribution in [3.05, 3.63) is 54.7 Å². The van der Waals surface area contributed by atoms with E-state index in [9.17, 15) is 0 Å². The predicted octanol–water partition coefficient (Wildman–Crippen LogP) is 4.67. The van der Waals surface area contributed by atoms with Crippen LogP contribution in [0.1, 0.15) is 0 Å². The van der Waals surface area contributed by atoms with Crippen molar-refractivity contribution in [2.45, 2.75) is 0 Å². The minimum Gasteiger partial charge on any atom is -0.254 e. The summed E-state index contributed by atoms with van der Waals surface area (Å²) < 4.78 is 0. The molecule has 2 aromatic heterocycles. The second kappa shape index (κ2) is 4.70. The number of isothiocyanates is 1. The van der Waals surface area contributed by atoms with Crippen LogP contribution in [-0.2, 0) is 0 Å². The molecule has 2 aromatic carbocycles. The second-order valence-corrected chi connectivity index (χ2v) is 4.90. The van der Waals surface area contributed by atoms with E-state index in [1.807, 2.05) is 48.5 Å². The number of thiocarbonyl (C=S) groups is 1. The maximum absolute atomic E-state index is 4.80. The first-order valence-electron chi connectivity index (χ1n) is 6.52. The van der Waals surface area contributed by atoms with Gasteiger partial charge in [-0.25, -0.2) is 4.98 Å². The van der Waals surface area contributed by atoms with Gasteiger partial charge in [-0.05, 0) is 30.4 Å². The highest BCUT2D eigenvalue weighted by Gasteiger charge is 2.11. The van der Waals surface area contributed by atoms with E-state index < -0.39 is 0 Å². The molecule has 2 heterocycles. The number of para-hydroxylation sites is 1. The van der Waals surface area contributed by atoms with Crippen LogP contribution in [0.3, 0.4) is 0 Å². The van der Waals surface area contributed by atoms with Crippen LogP contribution >= 0.6 is 12.2 Å². The molecule has 0 saturated heterocycles. The highest BCUT2D eigenvalue weighted by atomic mass is 32.1. The summed E-state index contributed by atoms with van der Waals surface area (Å²) in [6.45, 7) is 0. The molecule has 3 nitrogen and oxygen atoms in total. The predicted molar refractivity (Wildman–Crippen MR) is 89.2 cm³/mol. The van der Waals surface area contributed by atoms with Gasteiger partial charge >= 0.3 is 0 Å². The van der Waals surface area contributed by atoms with Gasteiger partial charge in [-0.2, -0.15) is 4.99 Å². The van der Waals surface area contributed by atoms with Gasteiger partial charge < -0.3 is 0 Å². The first-order valence-corrected chi connectivity index (χ1v) is 6.93. The molecule has 4 heteroatoms. The van der Waals surface area contributed by atoms with Gasteiger partial charge in [0.1, 0.15) is 0 Å². The molecule has 4 rings (SSSR count). The summed E-state index contributed by atoms with van der Waals surface area (Å²) in [7, 11) is 0. The molecular weight excluding hydrogens is 278 g/mol. The molecule has 0 fully saturated rings. The molecule has 4 aromatic rings. The van der Waals surface area contributed by atoms with Crippen LogP contribution in [0.25, 0.3) is 32.7 Å². The van der Waals surface area contributed by atoms with Gasteiger partial charge in [0.05, 0.1) is 27.4 Å². The molecule has 0 saturated carbocycles. The lowest BCUT2D eigenvalue weighted by molar-refractivity contribution is 1.40. The number of fused-ring (bicyclic) bond motifs is 4. The second-order valence-electron chi connectivity index (χ2n) is 4.72. The highest BCUT2D eigenvalue weighted by Crippen LogP contribution is 2.35. The van der Waals surface area contributed by atoms with Crippen LogP contribution < -0.4 is 0 Å². The van der Waals surface area contributed by atoms with E-state index in [4.69, 9.17) is 17.2 Å². The number of hydrogen-bond donors (Lipinski definition) is 0. The third-order valence-corrected chi connectivity index (χ3v) is 3.64. The summed E-state index contributed by atoms with van der Waals surface area (Å²) in [5.74, 6) is 0. The van der Waals surface area contributed by atoms with E-state index in [0.717, 1.165) is 38.4 Å². The number of rotatable bonds is 1. The van der Waals surface area contributed by atoms with Crippen molar-refractivity contribution in [1.82, 2.24) is 9.97 Å². The summed E-state index contributed by atoms with van der Waals surface area (Å²) in [5, 5.41) is 5.45. The lowest BCUT2D eigenvalue weighted by Crippen LogP contribution is -1.87. The molecule has 0 radical (unpaired) electrons. The van der Waals surface area contributed by atoms with Crippen LogP contribution in [-0.4, -0.2) is 15.1 Å². The van der Waals surface area contributed by atoms with Crippen molar-refractivity contribution in [1.29, 1.82) is 0 Å². The molecule has 0 bridgehead atoms. The molecular formula is C17H9N3S. The topological polar surface area (TPSA) is 38.1 Å². The summed E-state index contributed by atoms with van der Waals surface area (Å²) in [4.78, 5) is 13.5. The third-order valence-electron chi connectivity index (χ3n) is 3.55. The van der Waals surface area contributed by atoms with Crippen molar-refractivity contribution < 1.29 is 0 Å². The third kappa shape index (κ3) is 1.82. The Balaban J connectivity index is 2.33. The quantitative estimate of drug-likeness (QED) is 0.221. The maximum atomic E-state index is 4.80. The van der Waals surface area contributed by atoms with Crippen molar-refractivity contribution >= 4 is 55.8 Å². The van der Waals surface area contributed by atoms with E-state index in [2.05, 4.69) is 15.1 Å². The number of pyridine rings is 2. The highest BCUT2D eigenvalue weighted by molar-refractivity contribution is 7.78. The number of nitrogens with zero attached hydrogens (tertiary/aromatic N) is 3. The molecule has 0 atom stereocenters. The number of hydrogen-bond acceptors (Lipinski definition) is 4. The fourth-order valence-corrected chi connectivity index (χ4v) is 2.73. The zero-order chi connectivity index (χ0) is 14.2. The fraction of sp³-hybridized carbons (Fsp3) is 0. The summed E-state index contributed by atoms with van der Waals surface area (Å²) in [6, 6.07) is 15.9. The van der Waals surface area contributed by atoms with Crippen LogP contribution in [0.2, 0.25) is 0 Å². The Bertz CT molecular complexity index is 1050. The van der Waals surface area contributed by atoms with Gasteiger partial charge in [-0.3, -0.25) is 4.98 Å². The first kappa shape index (κ1) is 12.1. The van der Waals surface area contributed by atoms with Crippen LogP contribution in [0.5, 0.6) is 0 Å². The Morgan fingerprint density at radius 3 is 2.71 bits per heavy atom. The van der Waals surface area contributed by atoms with Gasteiger partial charge in [0.15, 0.2) is 0 Å².